The molecule has 0 atom stereocenters. The van der Waals surface area contributed by atoms with Gasteiger partial charge in [-0.2, -0.15) is 4.98 Å². The molecule has 0 aliphatic heterocycles. The molecule has 0 unspecified atom stereocenters. The fourth-order valence-electron chi connectivity index (χ4n) is 2.66. The maximum absolute atomic E-state index is 12.1. The number of ether oxygens (including phenoxy) is 3. The zero-order valence-corrected chi connectivity index (χ0v) is 16.7. The number of benzene rings is 2. The molecule has 7 nitrogen and oxygen atoms in total. The summed E-state index contributed by atoms with van der Waals surface area (Å²) in [7, 11) is 1.57. The molecule has 3 aromatic rings. The molecule has 0 saturated carbocycles. The molecule has 2 aromatic carbocycles. The van der Waals surface area contributed by atoms with Crippen molar-refractivity contribution in [2.24, 2.45) is 0 Å². The second kappa shape index (κ2) is 9.75. The van der Waals surface area contributed by atoms with Crippen molar-refractivity contribution < 1.29 is 23.4 Å². The normalized spacial score (nSPS) is 10.8. The Labute approximate surface area is 169 Å². The first-order valence-electron chi connectivity index (χ1n) is 9.27. The number of nitrogens with zero attached hydrogens (tertiary/aromatic N) is 1. The van der Waals surface area contributed by atoms with Crippen molar-refractivity contribution in [2.45, 2.75) is 26.4 Å². The molecule has 152 valence electrons. The standard InChI is InChI=1S/C22H24N2O5/c1-15(2)19-20(17-9-11-18(12-10-17)28-14-26-3)29-21(23-19)24-22(25)27-13-16-7-5-4-6-8-16/h4-12,15H,13-14H2,1-3H3,(H,23,24,25). The minimum absolute atomic E-state index is 0.0986. The third kappa shape index (κ3) is 5.58. The summed E-state index contributed by atoms with van der Waals surface area (Å²) in [4.78, 5) is 16.5. The number of oxazole rings is 1. The van der Waals surface area contributed by atoms with Gasteiger partial charge in [0.2, 0.25) is 0 Å². The van der Waals surface area contributed by atoms with Gasteiger partial charge in [-0.1, -0.05) is 44.2 Å². The Kier molecular flexibility index (Phi) is 6.86. The number of amides is 1. The van der Waals surface area contributed by atoms with Gasteiger partial charge in [0.05, 0.1) is 5.69 Å². The fraction of sp³-hybridized carbons (Fsp3) is 0.273. The first-order chi connectivity index (χ1) is 14.1. The molecule has 0 radical (unpaired) electrons. The van der Waals surface area contributed by atoms with E-state index in [4.69, 9.17) is 18.6 Å². The molecule has 0 spiro atoms. The molecule has 1 amide bonds. The van der Waals surface area contributed by atoms with Gasteiger partial charge in [0.25, 0.3) is 0 Å². The molecule has 0 aliphatic carbocycles. The van der Waals surface area contributed by atoms with Gasteiger partial charge in [0, 0.05) is 12.7 Å². The number of methoxy groups -OCH3 is 1. The topological polar surface area (TPSA) is 82.8 Å². The van der Waals surface area contributed by atoms with Crippen LogP contribution in [0, 0.1) is 0 Å². The Bertz CT molecular complexity index is 920. The lowest BCUT2D eigenvalue weighted by Gasteiger charge is -2.06. The lowest BCUT2D eigenvalue weighted by molar-refractivity contribution is 0.0511. The second-order valence-corrected chi connectivity index (χ2v) is 6.65. The Hall–Kier alpha value is -3.32. The zero-order valence-electron chi connectivity index (χ0n) is 16.7. The van der Waals surface area contributed by atoms with Crippen molar-refractivity contribution in [1.82, 2.24) is 4.98 Å². The van der Waals surface area contributed by atoms with Crippen molar-refractivity contribution in [3.63, 3.8) is 0 Å². The van der Waals surface area contributed by atoms with E-state index >= 15 is 0 Å². The molecule has 1 heterocycles. The highest BCUT2D eigenvalue weighted by molar-refractivity contribution is 5.82. The summed E-state index contributed by atoms with van der Waals surface area (Å²) in [5, 5.41) is 2.56. The highest BCUT2D eigenvalue weighted by Gasteiger charge is 2.19. The van der Waals surface area contributed by atoms with Gasteiger partial charge in [-0.25, -0.2) is 10.1 Å². The lowest BCUT2D eigenvalue weighted by Crippen LogP contribution is -2.13. The van der Waals surface area contributed by atoms with Gasteiger partial charge < -0.3 is 18.6 Å². The molecular formula is C22H24N2O5. The van der Waals surface area contributed by atoms with Gasteiger partial charge in [-0.15, -0.1) is 0 Å². The average molecular weight is 396 g/mol. The van der Waals surface area contributed by atoms with E-state index in [9.17, 15) is 4.79 Å². The fourth-order valence-corrected chi connectivity index (χ4v) is 2.66. The lowest BCUT2D eigenvalue weighted by atomic mass is 10.0. The summed E-state index contributed by atoms with van der Waals surface area (Å²) in [6.45, 7) is 4.36. The van der Waals surface area contributed by atoms with Crippen LogP contribution in [0.5, 0.6) is 5.75 Å². The summed E-state index contributed by atoms with van der Waals surface area (Å²) in [5.74, 6) is 1.38. The van der Waals surface area contributed by atoms with Crippen LogP contribution in [-0.4, -0.2) is 25.0 Å². The number of rotatable bonds is 8. The molecule has 0 bridgehead atoms. The molecule has 0 aliphatic rings. The van der Waals surface area contributed by atoms with Crippen LogP contribution in [0.2, 0.25) is 0 Å². The number of nitrogens with one attached hydrogen (secondary N) is 1. The van der Waals surface area contributed by atoms with E-state index in [1.54, 1.807) is 7.11 Å². The van der Waals surface area contributed by atoms with Crippen LogP contribution in [0.25, 0.3) is 11.3 Å². The van der Waals surface area contributed by atoms with Crippen LogP contribution in [0.15, 0.2) is 59.0 Å². The number of hydrogen-bond donors (Lipinski definition) is 1. The van der Waals surface area contributed by atoms with Crippen molar-refractivity contribution >= 4 is 12.1 Å². The number of hydrogen-bond acceptors (Lipinski definition) is 6. The minimum Gasteiger partial charge on any atom is -0.468 e. The third-order valence-electron chi connectivity index (χ3n) is 4.08. The molecule has 29 heavy (non-hydrogen) atoms. The maximum Gasteiger partial charge on any atom is 0.415 e. The second-order valence-electron chi connectivity index (χ2n) is 6.65. The summed E-state index contributed by atoms with van der Waals surface area (Å²) in [5.41, 5.74) is 2.47. The van der Waals surface area contributed by atoms with E-state index in [2.05, 4.69) is 10.3 Å². The summed E-state index contributed by atoms with van der Waals surface area (Å²) in [6.07, 6.45) is -0.625. The molecule has 0 saturated heterocycles. The quantitative estimate of drug-likeness (QED) is 0.527. The predicted octanol–water partition coefficient (Wildman–Crippen LogP) is 5.20. The first-order valence-corrected chi connectivity index (χ1v) is 9.27. The number of aromatic nitrogens is 1. The van der Waals surface area contributed by atoms with E-state index < -0.39 is 6.09 Å². The largest absolute Gasteiger partial charge is 0.468 e. The van der Waals surface area contributed by atoms with Gasteiger partial charge in [0.1, 0.15) is 12.4 Å². The van der Waals surface area contributed by atoms with E-state index in [0.29, 0.717) is 11.5 Å². The summed E-state index contributed by atoms with van der Waals surface area (Å²) in [6, 6.07) is 16.9. The van der Waals surface area contributed by atoms with Crippen LogP contribution < -0.4 is 10.1 Å². The third-order valence-corrected chi connectivity index (χ3v) is 4.08. The zero-order chi connectivity index (χ0) is 20.6. The minimum atomic E-state index is -0.625. The van der Waals surface area contributed by atoms with Gasteiger partial charge >= 0.3 is 12.1 Å². The van der Waals surface area contributed by atoms with E-state index in [1.165, 1.54) is 0 Å². The van der Waals surface area contributed by atoms with Crippen molar-refractivity contribution in [3.8, 4) is 17.1 Å². The Morgan fingerprint density at radius 3 is 2.48 bits per heavy atom. The van der Waals surface area contributed by atoms with Crippen LogP contribution in [0.1, 0.15) is 31.0 Å². The van der Waals surface area contributed by atoms with Crippen molar-refractivity contribution in [3.05, 3.63) is 65.9 Å². The van der Waals surface area contributed by atoms with Crippen LogP contribution in [0.4, 0.5) is 10.8 Å². The monoisotopic (exact) mass is 396 g/mol. The molecule has 7 heteroatoms. The Balaban J connectivity index is 1.70. The predicted molar refractivity (Wildman–Crippen MR) is 109 cm³/mol. The van der Waals surface area contributed by atoms with E-state index in [-0.39, 0.29) is 25.3 Å². The molecule has 0 fully saturated rings. The summed E-state index contributed by atoms with van der Waals surface area (Å²) < 4.78 is 21.3. The Morgan fingerprint density at radius 1 is 1.10 bits per heavy atom. The number of carbonyl (C=O) groups is 1. The maximum atomic E-state index is 12.1. The highest BCUT2D eigenvalue weighted by Crippen LogP contribution is 2.32. The van der Waals surface area contributed by atoms with Gasteiger partial charge in [-0.3, -0.25) is 0 Å². The van der Waals surface area contributed by atoms with Crippen molar-refractivity contribution in [2.75, 3.05) is 19.2 Å². The van der Waals surface area contributed by atoms with Gasteiger partial charge in [0.15, 0.2) is 12.6 Å². The highest BCUT2D eigenvalue weighted by atomic mass is 16.7. The van der Waals surface area contributed by atoms with Crippen LogP contribution in [0.3, 0.4) is 0 Å². The SMILES string of the molecule is COCOc1ccc(-c2oc(NC(=O)OCc3ccccc3)nc2C(C)C)cc1. The molecule has 1 aromatic heterocycles. The number of anilines is 1. The smallest absolute Gasteiger partial charge is 0.415 e. The molecule has 1 N–H and O–H groups in total. The molecular weight excluding hydrogens is 372 g/mol. The van der Waals surface area contributed by atoms with E-state index in [0.717, 1.165) is 16.8 Å². The number of carbonyl (C=O) groups excluding carboxylic acids is 1. The van der Waals surface area contributed by atoms with E-state index in [1.807, 2.05) is 68.4 Å². The summed E-state index contributed by atoms with van der Waals surface area (Å²) >= 11 is 0. The van der Waals surface area contributed by atoms with Crippen LogP contribution in [-0.2, 0) is 16.1 Å². The van der Waals surface area contributed by atoms with Crippen LogP contribution >= 0.6 is 0 Å². The first kappa shape index (κ1) is 20.4. The van der Waals surface area contributed by atoms with Crippen molar-refractivity contribution in [1.29, 1.82) is 0 Å². The molecule has 3 rings (SSSR count). The average Bonchev–Trinajstić information content (AvgIpc) is 3.16. The van der Waals surface area contributed by atoms with Gasteiger partial charge in [-0.05, 0) is 35.7 Å². The Morgan fingerprint density at radius 2 is 1.83 bits per heavy atom.